The van der Waals surface area contributed by atoms with Gasteiger partial charge in [-0.1, -0.05) is 35.9 Å². The van der Waals surface area contributed by atoms with E-state index in [2.05, 4.69) is 5.32 Å². The van der Waals surface area contributed by atoms with E-state index >= 15 is 0 Å². The fraction of sp³-hybridized carbons (Fsp3) is 0.118. The summed E-state index contributed by atoms with van der Waals surface area (Å²) in [6.07, 6.45) is 2.61. The van der Waals surface area contributed by atoms with Crippen molar-refractivity contribution in [2.24, 2.45) is 0 Å². The smallest absolute Gasteiger partial charge is 0.257 e. The standard InChI is InChI=1S/C17H15ClN2O/c1-20-11-14(10-12-6-8-13(18)9-7-12)19-17(21)15-4-2-3-5-16(15)20/h2-9,11H,10H2,1H3,(H,19,21). The number of para-hydroxylation sites is 1. The van der Waals surface area contributed by atoms with Crippen LogP contribution in [0.4, 0.5) is 5.69 Å². The van der Waals surface area contributed by atoms with Crippen molar-refractivity contribution in [1.82, 2.24) is 5.32 Å². The lowest BCUT2D eigenvalue weighted by Gasteiger charge is -2.15. The van der Waals surface area contributed by atoms with Crippen molar-refractivity contribution >= 4 is 23.2 Å². The number of nitrogens with zero attached hydrogens (tertiary/aromatic N) is 1. The van der Waals surface area contributed by atoms with Crippen molar-refractivity contribution in [1.29, 1.82) is 0 Å². The number of anilines is 1. The van der Waals surface area contributed by atoms with Crippen LogP contribution in [0.25, 0.3) is 0 Å². The molecule has 0 saturated heterocycles. The third-order valence-electron chi connectivity index (χ3n) is 3.46. The molecule has 0 bridgehead atoms. The molecular formula is C17H15ClN2O. The van der Waals surface area contributed by atoms with Gasteiger partial charge in [0.1, 0.15) is 0 Å². The third-order valence-corrected chi connectivity index (χ3v) is 3.71. The molecular weight excluding hydrogens is 284 g/mol. The predicted molar refractivity (Wildman–Crippen MR) is 85.6 cm³/mol. The zero-order valence-corrected chi connectivity index (χ0v) is 12.4. The lowest BCUT2D eigenvalue weighted by molar-refractivity contribution is 0.0966. The van der Waals surface area contributed by atoms with Crippen LogP contribution in [-0.2, 0) is 6.42 Å². The summed E-state index contributed by atoms with van der Waals surface area (Å²) >= 11 is 5.90. The van der Waals surface area contributed by atoms with Crippen LogP contribution in [-0.4, -0.2) is 13.0 Å². The number of halogens is 1. The Morgan fingerprint density at radius 3 is 2.57 bits per heavy atom. The molecule has 2 aromatic rings. The molecule has 0 saturated carbocycles. The van der Waals surface area contributed by atoms with Gasteiger partial charge >= 0.3 is 0 Å². The second-order valence-electron chi connectivity index (χ2n) is 5.04. The van der Waals surface area contributed by atoms with E-state index < -0.39 is 0 Å². The molecule has 0 atom stereocenters. The van der Waals surface area contributed by atoms with Crippen LogP contribution in [0.1, 0.15) is 15.9 Å². The summed E-state index contributed by atoms with van der Waals surface area (Å²) in [6, 6.07) is 15.2. The largest absolute Gasteiger partial charge is 0.349 e. The number of allylic oxidation sites excluding steroid dienone is 1. The highest BCUT2D eigenvalue weighted by atomic mass is 35.5. The van der Waals surface area contributed by atoms with Gasteiger partial charge in [0.15, 0.2) is 0 Å². The number of fused-ring (bicyclic) bond motifs is 1. The van der Waals surface area contributed by atoms with Gasteiger partial charge in [-0.3, -0.25) is 4.79 Å². The molecule has 0 radical (unpaired) electrons. The van der Waals surface area contributed by atoms with E-state index in [4.69, 9.17) is 11.6 Å². The zero-order valence-electron chi connectivity index (χ0n) is 11.6. The van der Waals surface area contributed by atoms with Crippen molar-refractivity contribution in [3.05, 3.63) is 76.6 Å². The van der Waals surface area contributed by atoms with Crippen LogP contribution >= 0.6 is 11.6 Å². The van der Waals surface area contributed by atoms with Gasteiger partial charge in [-0.2, -0.15) is 0 Å². The van der Waals surface area contributed by atoms with Crippen molar-refractivity contribution in [2.75, 3.05) is 11.9 Å². The minimum absolute atomic E-state index is 0.0739. The highest BCUT2D eigenvalue weighted by Crippen LogP contribution is 2.23. The summed E-state index contributed by atoms with van der Waals surface area (Å²) in [7, 11) is 1.95. The maximum atomic E-state index is 12.3. The summed E-state index contributed by atoms with van der Waals surface area (Å²) in [5.41, 5.74) is 3.55. The van der Waals surface area contributed by atoms with Gasteiger partial charge in [-0.15, -0.1) is 0 Å². The molecule has 106 valence electrons. The number of carbonyl (C=O) groups is 1. The van der Waals surface area contributed by atoms with Crippen molar-refractivity contribution in [2.45, 2.75) is 6.42 Å². The number of hydrogen-bond donors (Lipinski definition) is 1. The van der Waals surface area contributed by atoms with E-state index in [1.807, 2.05) is 66.7 Å². The van der Waals surface area contributed by atoms with Gasteiger partial charge in [0.2, 0.25) is 0 Å². The van der Waals surface area contributed by atoms with E-state index in [0.717, 1.165) is 16.9 Å². The van der Waals surface area contributed by atoms with E-state index in [-0.39, 0.29) is 5.91 Å². The first-order valence-corrected chi connectivity index (χ1v) is 7.09. The molecule has 0 fully saturated rings. The molecule has 2 aromatic carbocycles. The van der Waals surface area contributed by atoms with E-state index in [0.29, 0.717) is 17.0 Å². The normalized spacial score (nSPS) is 14.1. The number of nitrogens with one attached hydrogen (secondary N) is 1. The molecule has 0 unspecified atom stereocenters. The highest BCUT2D eigenvalue weighted by Gasteiger charge is 2.18. The summed E-state index contributed by atoms with van der Waals surface area (Å²) < 4.78 is 0. The first-order valence-electron chi connectivity index (χ1n) is 6.72. The molecule has 0 aromatic heterocycles. The number of amides is 1. The van der Waals surface area contributed by atoms with Gasteiger partial charge in [-0.25, -0.2) is 0 Å². The molecule has 1 amide bonds. The monoisotopic (exact) mass is 298 g/mol. The first kappa shape index (κ1) is 13.7. The molecule has 3 rings (SSSR count). The second kappa shape index (κ2) is 5.62. The average molecular weight is 299 g/mol. The fourth-order valence-electron chi connectivity index (χ4n) is 2.43. The minimum Gasteiger partial charge on any atom is -0.349 e. The zero-order chi connectivity index (χ0) is 14.8. The van der Waals surface area contributed by atoms with E-state index in [1.54, 1.807) is 0 Å². The van der Waals surface area contributed by atoms with Crippen LogP contribution in [0.15, 0.2) is 60.4 Å². The Hall–Kier alpha value is -2.26. The Balaban J connectivity index is 1.89. The summed E-state index contributed by atoms with van der Waals surface area (Å²) in [5, 5.41) is 3.69. The van der Waals surface area contributed by atoms with Crippen molar-refractivity contribution < 1.29 is 4.79 Å². The molecule has 21 heavy (non-hydrogen) atoms. The van der Waals surface area contributed by atoms with Gasteiger partial charge in [0.25, 0.3) is 5.91 Å². The molecule has 4 heteroatoms. The van der Waals surface area contributed by atoms with E-state index in [1.165, 1.54) is 0 Å². The van der Waals surface area contributed by atoms with Crippen LogP contribution < -0.4 is 10.2 Å². The predicted octanol–water partition coefficient (Wildman–Crippen LogP) is 3.60. The summed E-state index contributed by atoms with van der Waals surface area (Å²) in [6.45, 7) is 0. The molecule has 0 aliphatic carbocycles. The Kier molecular flexibility index (Phi) is 3.67. The summed E-state index contributed by atoms with van der Waals surface area (Å²) in [4.78, 5) is 14.3. The minimum atomic E-state index is -0.0739. The SMILES string of the molecule is CN1C=C(Cc2ccc(Cl)cc2)NC(=O)c2ccccc21. The van der Waals surface area contributed by atoms with Gasteiger partial charge in [0.05, 0.1) is 11.3 Å². The fourth-order valence-corrected chi connectivity index (χ4v) is 2.56. The van der Waals surface area contributed by atoms with Gasteiger partial charge in [-0.05, 0) is 29.8 Å². The van der Waals surface area contributed by atoms with Crippen LogP contribution in [0.2, 0.25) is 5.02 Å². The molecule has 1 heterocycles. The molecule has 0 spiro atoms. The first-order chi connectivity index (χ1) is 10.1. The lowest BCUT2D eigenvalue weighted by Crippen LogP contribution is -2.22. The van der Waals surface area contributed by atoms with Crippen LogP contribution in [0, 0.1) is 0 Å². The lowest BCUT2D eigenvalue weighted by atomic mass is 10.1. The number of carbonyl (C=O) groups excluding carboxylic acids is 1. The summed E-state index contributed by atoms with van der Waals surface area (Å²) in [5.74, 6) is -0.0739. The topological polar surface area (TPSA) is 32.3 Å². The molecule has 1 aliphatic rings. The van der Waals surface area contributed by atoms with Crippen molar-refractivity contribution in [3.8, 4) is 0 Å². The van der Waals surface area contributed by atoms with Crippen LogP contribution in [0.3, 0.4) is 0 Å². The number of rotatable bonds is 2. The maximum absolute atomic E-state index is 12.3. The maximum Gasteiger partial charge on any atom is 0.257 e. The van der Waals surface area contributed by atoms with E-state index in [9.17, 15) is 4.79 Å². The quantitative estimate of drug-likeness (QED) is 0.918. The number of benzene rings is 2. The third kappa shape index (κ3) is 2.93. The second-order valence-corrected chi connectivity index (χ2v) is 5.48. The highest BCUT2D eigenvalue weighted by molar-refractivity contribution is 6.30. The average Bonchev–Trinajstić information content (AvgIpc) is 2.60. The van der Waals surface area contributed by atoms with Crippen molar-refractivity contribution in [3.63, 3.8) is 0 Å². The Morgan fingerprint density at radius 1 is 1.10 bits per heavy atom. The Labute approximate surface area is 128 Å². The van der Waals surface area contributed by atoms with Gasteiger partial charge < -0.3 is 10.2 Å². The Morgan fingerprint density at radius 2 is 1.81 bits per heavy atom. The molecule has 1 N–H and O–H groups in total. The van der Waals surface area contributed by atoms with Crippen LogP contribution in [0.5, 0.6) is 0 Å². The molecule has 1 aliphatic heterocycles. The number of hydrogen-bond acceptors (Lipinski definition) is 2. The Bertz CT molecular complexity index is 707. The molecule has 3 nitrogen and oxygen atoms in total. The van der Waals surface area contributed by atoms with Gasteiger partial charge in [0, 0.05) is 30.4 Å².